The molecule has 98 valence electrons. The average molecular weight is 261 g/mol. The standard InChI is InChI=1S/C16H23NS/c1-6-12-13-9-11(2)7-8-14(13)18-15(12)10-17-16(3,4)5/h7-9,17H,6,10H2,1-5H3. The van der Waals surface area contributed by atoms with Crippen LogP contribution in [0.25, 0.3) is 10.1 Å². The summed E-state index contributed by atoms with van der Waals surface area (Å²) in [6, 6.07) is 6.79. The van der Waals surface area contributed by atoms with E-state index >= 15 is 0 Å². The zero-order valence-electron chi connectivity index (χ0n) is 12.1. The van der Waals surface area contributed by atoms with Gasteiger partial charge in [-0.3, -0.25) is 0 Å². The Kier molecular flexibility index (Phi) is 3.79. The third-order valence-electron chi connectivity index (χ3n) is 3.16. The van der Waals surface area contributed by atoms with E-state index in [9.17, 15) is 0 Å². The van der Waals surface area contributed by atoms with Crippen LogP contribution in [0.3, 0.4) is 0 Å². The first kappa shape index (κ1) is 13.6. The third kappa shape index (κ3) is 2.93. The van der Waals surface area contributed by atoms with Crippen molar-refractivity contribution in [2.45, 2.75) is 53.1 Å². The Morgan fingerprint density at radius 1 is 1.22 bits per heavy atom. The van der Waals surface area contributed by atoms with E-state index in [-0.39, 0.29) is 5.54 Å². The van der Waals surface area contributed by atoms with Crippen LogP contribution in [-0.2, 0) is 13.0 Å². The van der Waals surface area contributed by atoms with Crippen molar-refractivity contribution in [3.8, 4) is 0 Å². The van der Waals surface area contributed by atoms with E-state index in [1.165, 1.54) is 26.1 Å². The molecule has 0 saturated carbocycles. The molecule has 0 bridgehead atoms. The summed E-state index contributed by atoms with van der Waals surface area (Å²) in [4.78, 5) is 1.49. The molecule has 1 aromatic carbocycles. The van der Waals surface area contributed by atoms with Gasteiger partial charge in [0, 0.05) is 21.7 Å². The van der Waals surface area contributed by atoms with E-state index < -0.39 is 0 Å². The summed E-state index contributed by atoms with van der Waals surface area (Å²) in [6.07, 6.45) is 1.12. The molecule has 0 saturated heterocycles. The van der Waals surface area contributed by atoms with E-state index in [1.54, 1.807) is 0 Å². The van der Waals surface area contributed by atoms with Crippen LogP contribution in [0.4, 0.5) is 0 Å². The highest BCUT2D eigenvalue weighted by atomic mass is 32.1. The van der Waals surface area contributed by atoms with Gasteiger partial charge >= 0.3 is 0 Å². The maximum atomic E-state index is 3.60. The summed E-state index contributed by atoms with van der Waals surface area (Å²) < 4.78 is 1.42. The lowest BCUT2D eigenvalue weighted by Gasteiger charge is -2.20. The van der Waals surface area contributed by atoms with Crippen molar-refractivity contribution in [1.29, 1.82) is 0 Å². The van der Waals surface area contributed by atoms with Crippen LogP contribution in [0, 0.1) is 6.92 Å². The van der Waals surface area contributed by atoms with Gasteiger partial charge in [-0.1, -0.05) is 24.6 Å². The number of hydrogen-bond acceptors (Lipinski definition) is 2. The van der Waals surface area contributed by atoms with Gasteiger partial charge < -0.3 is 5.32 Å². The fourth-order valence-electron chi connectivity index (χ4n) is 2.19. The molecule has 1 N–H and O–H groups in total. The summed E-state index contributed by atoms with van der Waals surface area (Å²) in [5.74, 6) is 0. The molecule has 0 aliphatic rings. The van der Waals surface area contributed by atoms with Crippen LogP contribution in [0.1, 0.15) is 43.7 Å². The molecule has 2 heteroatoms. The number of hydrogen-bond donors (Lipinski definition) is 1. The molecule has 0 spiro atoms. The Morgan fingerprint density at radius 3 is 2.56 bits per heavy atom. The normalized spacial score (nSPS) is 12.3. The average Bonchev–Trinajstić information content (AvgIpc) is 2.62. The van der Waals surface area contributed by atoms with Crippen LogP contribution < -0.4 is 5.32 Å². The van der Waals surface area contributed by atoms with Crippen molar-refractivity contribution in [3.63, 3.8) is 0 Å². The molecule has 0 atom stereocenters. The molecule has 2 rings (SSSR count). The van der Waals surface area contributed by atoms with E-state index in [2.05, 4.69) is 58.1 Å². The second-order valence-electron chi connectivity index (χ2n) is 5.96. The largest absolute Gasteiger partial charge is 0.307 e. The Morgan fingerprint density at radius 2 is 1.94 bits per heavy atom. The molecule has 0 aliphatic heterocycles. The molecule has 0 radical (unpaired) electrons. The van der Waals surface area contributed by atoms with Crippen molar-refractivity contribution in [1.82, 2.24) is 5.32 Å². The first-order valence-electron chi connectivity index (χ1n) is 6.66. The maximum Gasteiger partial charge on any atom is 0.0349 e. The Bertz CT molecular complexity index is 546. The summed E-state index contributed by atoms with van der Waals surface area (Å²) >= 11 is 1.94. The zero-order chi connectivity index (χ0) is 13.3. The van der Waals surface area contributed by atoms with Gasteiger partial charge in [0.25, 0.3) is 0 Å². The molecular formula is C16H23NS. The zero-order valence-corrected chi connectivity index (χ0v) is 12.9. The van der Waals surface area contributed by atoms with Crippen molar-refractivity contribution in [2.75, 3.05) is 0 Å². The highest BCUT2D eigenvalue weighted by Crippen LogP contribution is 2.32. The lowest BCUT2D eigenvalue weighted by Crippen LogP contribution is -2.35. The molecule has 0 fully saturated rings. The maximum absolute atomic E-state index is 3.60. The number of benzene rings is 1. The Balaban J connectivity index is 2.38. The number of nitrogens with one attached hydrogen (secondary N) is 1. The predicted molar refractivity (Wildman–Crippen MR) is 82.5 cm³/mol. The first-order chi connectivity index (χ1) is 8.40. The van der Waals surface area contributed by atoms with Gasteiger partial charge in [0.1, 0.15) is 0 Å². The predicted octanol–water partition coefficient (Wildman–Crippen LogP) is 4.66. The molecule has 1 nitrogen and oxygen atoms in total. The van der Waals surface area contributed by atoms with E-state index in [0.717, 1.165) is 13.0 Å². The first-order valence-corrected chi connectivity index (χ1v) is 7.48. The Labute approximate surface area is 114 Å². The fraction of sp³-hybridized carbons (Fsp3) is 0.500. The van der Waals surface area contributed by atoms with E-state index in [0.29, 0.717) is 0 Å². The van der Waals surface area contributed by atoms with Gasteiger partial charge in [-0.15, -0.1) is 11.3 Å². The summed E-state index contributed by atoms with van der Waals surface area (Å²) in [5.41, 5.74) is 3.05. The minimum atomic E-state index is 0.178. The molecule has 0 unspecified atom stereocenters. The van der Waals surface area contributed by atoms with Gasteiger partial charge in [-0.05, 0) is 51.1 Å². The van der Waals surface area contributed by atoms with Gasteiger partial charge in [-0.25, -0.2) is 0 Å². The number of aryl methyl sites for hydroxylation is 2. The number of thiophene rings is 1. The summed E-state index contributed by atoms with van der Waals surface area (Å²) in [6.45, 7) is 12.1. The molecule has 0 amide bonds. The van der Waals surface area contributed by atoms with Crippen molar-refractivity contribution >= 4 is 21.4 Å². The monoisotopic (exact) mass is 261 g/mol. The van der Waals surface area contributed by atoms with Gasteiger partial charge in [-0.2, -0.15) is 0 Å². The topological polar surface area (TPSA) is 12.0 Å². The lowest BCUT2D eigenvalue weighted by molar-refractivity contribution is 0.426. The molecule has 18 heavy (non-hydrogen) atoms. The molecule has 1 aromatic heterocycles. The number of fused-ring (bicyclic) bond motifs is 1. The minimum absolute atomic E-state index is 0.178. The van der Waals surface area contributed by atoms with Crippen molar-refractivity contribution in [2.24, 2.45) is 0 Å². The third-order valence-corrected chi connectivity index (χ3v) is 4.38. The van der Waals surface area contributed by atoms with Crippen LogP contribution in [0.5, 0.6) is 0 Å². The highest BCUT2D eigenvalue weighted by Gasteiger charge is 2.14. The lowest BCUT2D eigenvalue weighted by atomic mass is 10.1. The van der Waals surface area contributed by atoms with Crippen LogP contribution >= 0.6 is 11.3 Å². The van der Waals surface area contributed by atoms with Gasteiger partial charge in [0.05, 0.1) is 0 Å². The van der Waals surface area contributed by atoms with Crippen LogP contribution in [0.15, 0.2) is 18.2 Å². The minimum Gasteiger partial charge on any atom is -0.307 e. The summed E-state index contributed by atoms with van der Waals surface area (Å²) in [7, 11) is 0. The quantitative estimate of drug-likeness (QED) is 0.847. The fourth-order valence-corrected chi connectivity index (χ4v) is 3.40. The highest BCUT2D eigenvalue weighted by molar-refractivity contribution is 7.19. The smallest absolute Gasteiger partial charge is 0.0349 e. The second kappa shape index (κ2) is 5.02. The van der Waals surface area contributed by atoms with Crippen molar-refractivity contribution < 1.29 is 0 Å². The summed E-state index contributed by atoms with van der Waals surface area (Å²) in [5, 5.41) is 5.05. The molecular weight excluding hydrogens is 238 g/mol. The van der Waals surface area contributed by atoms with Gasteiger partial charge in [0.15, 0.2) is 0 Å². The molecule has 1 heterocycles. The Hall–Kier alpha value is -0.860. The van der Waals surface area contributed by atoms with E-state index in [4.69, 9.17) is 0 Å². The molecule has 2 aromatic rings. The van der Waals surface area contributed by atoms with Crippen molar-refractivity contribution in [3.05, 3.63) is 34.2 Å². The molecule has 0 aliphatic carbocycles. The van der Waals surface area contributed by atoms with Gasteiger partial charge in [0.2, 0.25) is 0 Å². The van der Waals surface area contributed by atoms with Crippen LogP contribution in [0.2, 0.25) is 0 Å². The van der Waals surface area contributed by atoms with E-state index in [1.807, 2.05) is 11.3 Å². The van der Waals surface area contributed by atoms with Crippen LogP contribution in [-0.4, -0.2) is 5.54 Å². The SMILES string of the molecule is CCc1c(CNC(C)(C)C)sc2ccc(C)cc12. The number of rotatable bonds is 3. The second-order valence-corrected chi connectivity index (χ2v) is 7.10.